The molecular formula is C26H23N7O2S. The lowest BCUT2D eigenvalue weighted by molar-refractivity contribution is -0.130. The summed E-state index contributed by atoms with van der Waals surface area (Å²) < 4.78 is 1.15. The molecule has 0 saturated carbocycles. The molecule has 1 saturated heterocycles. The maximum Gasteiger partial charge on any atom is 0.254 e. The number of anilines is 2. The monoisotopic (exact) mass is 497 g/mol. The smallest absolute Gasteiger partial charge is 0.254 e. The second kappa shape index (κ2) is 9.12. The molecule has 4 aromatic rings. The lowest BCUT2D eigenvalue weighted by Gasteiger charge is -2.34. The van der Waals surface area contributed by atoms with Gasteiger partial charge in [0, 0.05) is 65.4 Å². The van der Waals surface area contributed by atoms with Crippen molar-refractivity contribution in [2.45, 2.75) is 6.92 Å². The molecular weight excluding hydrogens is 474 g/mol. The minimum Gasteiger partial charge on any atom is -0.340 e. The van der Waals surface area contributed by atoms with Crippen molar-refractivity contribution < 1.29 is 9.59 Å². The number of benzene rings is 2. The average Bonchev–Trinajstić information content (AvgIpc) is 3.61. The molecule has 2 aromatic carbocycles. The SMILES string of the molecule is CC(=O)N1CCN(C(=O)c2cccc(Nc3nc4cc(C5=NN=NC5)ccc4c4sccc34)c2)CC1. The Labute approximate surface area is 211 Å². The van der Waals surface area contributed by atoms with E-state index in [9.17, 15) is 9.59 Å². The van der Waals surface area contributed by atoms with Crippen molar-refractivity contribution in [1.29, 1.82) is 0 Å². The Morgan fingerprint density at radius 1 is 0.972 bits per heavy atom. The van der Waals surface area contributed by atoms with E-state index in [1.807, 2.05) is 36.4 Å². The lowest BCUT2D eigenvalue weighted by atomic mass is 10.1. The first-order chi connectivity index (χ1) is 17.6. The summed E-state index contributed by atoms with van der Waals surface area (Å²) in [5.41, 5.74) is 4.04. The average molecular weight is 498 g/mol. The summed E-state index contributed by atoms with van der Waals surface area (Å²) in [4.78, 5) is 33.3. The minimum atomic E-state index is -0.0354. The highest BCUT2D eigenvalue weighted by Crippen LogP contribution is 2.35. The van der Waals surface area contributed by atoms with E-state index in [0.29, 0.717) is 38.3 Å². The maximum atomic E-state index is 13.1. The second-order valence-corrected chi connectivity index (χ2v) is 9.71. The number of hydrogen-bond donors (Lipinski definition) is 1. The van der Waals surface area contributed by atoms with Crippen molar-refractivity contribution in [3.63, 3.8) is 0 Å². The van der Waals surface area contributed by atoms with Gasteiger partial charge in [0.15, 0.2) is 0 Å². The van der Waals surface area contributed by atoms with E-state index in [1.165, 1.54) is 0 Å². The number of fused-ring (bicyclic) bond motifs is 3. The summed E-state index contributed by atoms with van der Waals surface area (Å²) in [5.74, 6) is 0.745. The third-order valence-electron chi connectivity index (χ3n) is 6.56. The third kappa shape index (κ3) is 4.09. The quantitative estimate of drug-likeness (QED) is 0.443. The van der Waals surface area contributed by atoms with Crippen LogP contribution in [0.25, 0.3) is 21.0 Å². The number of carbonyl (C=O) groups excluding carboxylic acids is 2. The first-order valence-electron chi connectivity index (χ1n) is 11.7. The molecule has 0 radical (unpaired) electrons. The van der Waals surface area contributed by atoms with Gasteiger partial charge in [-0.15, -0.1) is 16.4 Å². The van der Waals surface area contributed by atoms with E-state index >= 15 is 0 Å². The standard InChI is InChI=1S/C26H23N7O2S/c1-16(34)32-8-10-33(11-9-32)26(35)18-3-2-4-19(13-18)28-25-21-7-12-36-24(21)20-6-5-17(14-22(20)29-25)23-15-27-31-30-23/h2-7,12-14H,8-11,15H2,1H3,(H,28,29). The van der Waals surface area contributed by atoms with Crippen molar-refractivity contribution >= 4 is 61.4 Å². The molecule has 1 fully saturated rings. The third-order valence-corrected chi connectivity index (χ3v) is 7.51. The molecule has 2 aromatic heterocycles. The minimum absolute atomic E-state index is 0.0354. The van der Waals surface area contributed by atoms with E-state index in [1.54, 1.807) is 28.1 Å². The van der Waals surface area contributed by atoms with Crippen LogP contribution < -0.4 is 5.32 Å². The van der Waals surface area contributed by atoms with Crippen LogP contribution in [-0.2, 0) is 4.79 Å². The zero-order valence-corrected chi connectivity index (χ0v) is 20.5. The van der Waals surface area contributed by atoms with Crippen LogP contribution in [0.5, 0.6) is 0 Å². The van der Waals surface area contributed by atoms with Crippen molar-refractivity contribution in [2.24, 2.45) is 15.4 Å². The van der Waals surface area contributed by atoms with Crippen molar-refractivity contribution in [3.8, 4) is 0 Å². The Hall–Kier alpha value is -4.18. The van der Waals surface area contributed by atoms with Crippen LogP contribution in [0, 0.1) is 0 Å². The molecule has 0 aliphatic carbocycles. The molecule has 4 heterocycles. The van der Waals surface area contributed by atoms with E-state index in [-0.39, 0.29) is 11.8 Å². The van der Waals surface area contributed by atoms with Gasteiger partial charge in [0.1, 0.15) is 12.4 Å². The van der Waals surface area contributed by atoms with Crippen LogP contribution in [0.2, 0.25) is 0 Å². The Kier molecular flexibility index (Phi) is 5.65. The number of hydrogen-bond acceptors (Lipinski definition) is 8. The summed E-state index contributed by atoms with van der Waals surface area (Å²) in [6.45, 7) is 4.23. The van der Waals surface area contributed by atoms with Gasteiger partial charge in [-0.1, -0.05) is 18.2 Å². The first kappa shape index (κ1) is 22.3. The molecule has 2 aliphatic rings. The normalized spacial score (nSPS) is 15.5. The fourth-order valence-corrected chi connectivity index (χ4v) is 5.55. The van der Waals surface area contributed by atoms with Gasteiger partial charge in [0.05, 0.1) is 11.2 Å². The summed E-state index contributed by atoms with van der Waals surface area (Å²) >= 11 is 1.67. The van der Waals surface area contributed by atoms with Gasteiger partial charge in [-0.05, 0) is 40.9 Å². The summed E-state index contributed by atoms with van der Waals surface area (Å²) in [6, 6.07) is 15.7. The summed E-state index contributed by atoms with van der Waals surface area (Å²) in [7, 11) is 0. The second-order valence-electron chi connectivity index (χ2n) is 8.80. The van der Waals surface area contributed by atoms with Crippen molar-refractivity contribution in [3.05, 3.63) is 65.0 Å². The molecule has 1 N–H and O–H groups in total. The molecule has 9 nitrogen and oxygen atoms in total. The highest BCUT2D eigenvalue weighted by atomic mass is 32.1. The van der Waals surface area contributed by atoms with Crippen molar-refractivity contribution in [1.82, 2.24) is 14.8 Å². The predicted molar refractivity (Wildman–Crippen MR) is 141 cm³/mol. The molecule has 0 spiro atoms. The molecule has 10 heteroatoms. The molecule has 36 heavy (non-hydrogen) atoms. The number of nitrogens with zero attached hydrogens (tertiary/aromatic N) is 6. The molecule has 0 unspecified atom stereocenters. The van der Waals surface area contributed by atoms with Gasteiger partial charge in [-0.25, -0.2) is 4.98 Å². The van der Waals surface area contributed by atoms with Crippen LogP contribution in [0.4, 0.5) is 11.5 Å². The number of piperazine rings is 1. The largest absolute Gasteiger partial charge is 0.340 e. The van der Waals surface area contributed by atoms with Crippen LogP contribution in [0.3, 0.4) is 0 Å². The molecule has 2 amide bonds. The van der Waals surface area contributed by atoms with Crippen LogP contribution in [0.1, 0.15) is 22.8 Å². The Morgan fingerprint density at radius 3 is 2.58 bits per heavy atom. The van der Waals surface area contributed by atoms with Gasteiger partial charge in [-0.3, -0.25) is 9.59 Å². The highest BCUT2D eigenvalue weighted by molar-refractivity contribution is 7.18. The zero-order valence-electron chi connectivity index (χ0n) is 19.6. The zero-order chi connectivity index (χ0) is 24.6. The van der Waals surface area contributed by atoms with E-state index in [0.717, 1.165) is 43.8 Å². The molecule has 0 bridgehead atoms. The molecule has 180 valence electrons. The maximum absolute atomic E-state index is 13.1. The Balaban J connectivity index is 1.29. The Morgan fingerprint density at radius 2 is 1.81 bits per heavy atom. The van der Waals surface area contributed by atoms with E-state index in [4.69, 9.17) is 4.98 Å². The number of pyridine rings is 1. The van der Waals surface area contributed by atoms with Gasteiger partial charge < -0.3 is 15.1 Å². The number of aromatic nitrogens is 1. The Bertz CT molecular complexity index is 1570. The number of carbonyl (C=O) groups is 2. The molecule has 2 aliphatic heterocycles. The molecule has 6 rings (SSSR count). The van der Waals surface area contributed by atoms with Crippen molar-refractivity contribution in [2.75, 3.05) is 38.0 Å². The van der Waals surface area contributed by atoms with E-state index in [2.05, 4.69) is 38.3 Å². The topological polar surface area (TPSA) is 103 Å². The van der Waals surface area contributed by atoms with Crippen LogP contribution >= 0.6 is 11.3 Å². The van der Waals surface area contributed by atoms with Crippen LogP contribution in [-0.4, -0.2) is 65.0 Å². The summed E-state index contributed by atoms with van der Waals surface area (Å²) in [6.07, 6.45) is 0. The fourth-order valence-electron chi connectivity index (χ4n) is 4.61. The van der Waals surface area contributed by atoms with Crippen LogP contribution in [0.15, 0.2) is 69.3 Å². The first-order valence-corrected chi connectivity index (χ1v) is 12.6. The van der Waals surface area contributed by atoms with Gasteiger partial charge in [0.25, 0.3) is 5.91 Å². The van der Waals surface area contributed by atoms with Gasteiger partial charge >= 0.3 is 0 Å². The number of amides is 2. The number of thiophene rings is 1. The van der Waals surface area contributed by atoms with Gasteiger partial charge in [-0.2, -0.15) is 5.11 Å². The highest BCUT2D eigenvalue weighted by Gasteiger charge is 2.23. The predicted octanol–water partition coefficient (Wildman–Crippen LogP) is 4.67. The number of rotatable bonds is 4. The van der Waals surface area contributed by atoms with Gasteiger partial charge in [0.2, 0.25) is 5.91 Å². The summed E-state index contributed by atoms with van der Waals surface area (Å²) in [5, 5.41) is 19.4. The number of nitrogens with one attached hydrogen (secondary N) is 1. The fraction of sp³-hybridized carbons (Fsp3) is 0.231. The van der Waals surface area contributed by atoms with E-state index < -0.39 is 0 Å². The lowest BCUT2D eigenvalue weighted by Crippen LogP contribution is -2.50. The molecule has 0 atom stereocenters.